The third-order valence-electron chi connectivity index (χ3n) is 3.71. The molecule has 2 heterocycles. The number of carbonyl (C=O) groups is 1. The van der Waals surface area contributed by atoms with Gasteiger partial charge in [0, 0.05) is 24.4 Å². The smallest absolute Gasteiger partial charge is 0.225 e. The number of carbonyl (C=O) groups excluding carboxylic acids is 1. The van der Waals surface area contributed by atoms with Crippen molar-refractivity contribution in [1.82, 2.24) is 10.2 Å². The highest BCUT2D eigenvalue weighted by atomic mass is 32.1. The largest absolute Gasteiger partial charge is 0.345 e. The summed E-state index contributed by atoms with van der Waals surface area (Å²) in [6, 6.07) is 2.15. The van der Waals surface area contributed by atoms with Gasteiger partial charge in [0.2, 0.25) is 5.91 Å². The van der Waals surface area contributed by atoms with E-state index in [2.05, 4.69) is 23.7 Å². The molecule has 0 atom stereocenters. The zero-order valence-corrected chi connectivity index (χ0v) is 12.1. The Morgan fingerprint density at radius 3 is 2.83 bits per heavy atom. The lowest BCUT2D eigenvalue weighted by atomic mass is 9.96. The van der Waals surface area contributed by atoms with Gasteiger partial charge in [-0.15, -0.1) is 11.3 Å². The molecule has 2 rings (SSSR count). The molecular formula is C14H22N2OS. The average Bonchev–Trinajstić information content (AvgIpc) is 2.81. The van der Waals surface area contributed by atoms with Crippen molar-refractivity contribution in [3.63, 3.8) is 0 Å². The topological polar surface area (TPSA) is 32.3 Å². The van der Waals surface area contributed by atoms with Crippen molar-refractivity contribution in [2.24, 2.45) is 5.92 Å². The van der Waals surface area contributed by atoms with E-state index in [1.807, 2.05) is 11.9 Å². The summed E-state index contributed by atoms with van der Waals surface area (Å²) < 4.78 is 0. The quantitative estimate of drug-likeness (QED) is 0.904. The van der Waals surface area contributed by atoms with Gasteiger partial charge in [-0.05, 0) is 56.3 Å². The fourth-order valence-electron chi connectivity index (χ4n) is 2.42. The van der Waals surface area contributed by atoms with Crippen LogP contribution in [0, 0.1) is 12.8 Å². The SMILES string of the molecule is Cc1ccsc1CCN(C)C(=O)C1CCNCC1. The van der Waals surface area contributed by atoms with Crippen molar-refractivity contribution < 1.29 is 4.79 Å². The minimum absolute atomic E-state index is 0.237. The number of thiophene rings is 1. The average molecular weight is 266 g/mol. The number of amides is 1. The van der Waals surface area contributed by atoms with E-state index in [0.717, 1.165) is 38.9 Å². The van der Waals surface area contributed by atoms with Gasteiger partial charge in [-0.1, -0.05) is 0 Å². The number of piperidine rings is 1. The second kappa shape index (κ2) is 6.34. The Morgan fingerprint density at radius 1 is 1.50 bits per heavy atom. The van der Waals surface area contributed by atoms with Crippen LogP contribution in [0.2, 0.25) is 0 Å². The highest BCUT2D eigenvalue weighted by molar-refractivity contribution is 7.10. The van der Waals surface area contributed by atoms with Crippen molar-refractivity contribution >= 4 is 17.2 Å². The van der Waals surface area contributed by atoms with Crippen LogP contribution in [0.15, 0.2) is 11.4 Å². The molecule has 0 bridgehead atoms. The van der Waals surface area contributed by atoms with Gasteiger partial charge >= 0.3 is 0 Å². The van der Waals surface area contributed by atoms with E-state index < -0.39 is 0 Å². The third kappa shape index (κ3) is 3.33. The maximum Gasteiger partial charge on any atom is 0.225 e. The monoisotopic (exact) mass is 266 g/mol. The zero-order valence-electron chi connectivity index (χ0n) is 11.2. The Hall–Kier alpha value is -0.870. The zero-order chi connectivity index (χ0) is 13.0. The molecule has 1 aliphatic heterocycles. The molecule has 18 heavy (non-hydrogen) atoms. The molecule has 1 aromatic heterocycles. The number of likely N-dealkylation sites (N-methyl/N-ethyl adjacent to an activating group) is 1. The van der Waals surface area contributed by atoms with Crippen LogP contribution in [0.1, 0.15) is 23.3 Å². The van der Waals surface area contributed by atoms with Gasteiger partial charge in [0.05, 0.1) is 0 Å². The molecule has 1 aromatic rings. The number of rotatable bonds is 4. The summed E-state index contributed by atoms with van der Waals surface area (Å²) in [6.07, 6.45) is 2.96. The lowest BCUT2D eigenvalue weighted by Crippen LogP contribution is -2.39. The number of hydrogen-bond acceptors (Lipinski definition) is 3. The first kappa shape index (κ1) is 13.6. The first-order valence-electron chi connectivity index (χ1n) is 6.67. The lowest BCUT2D eigenvalue weighted by Gasteiger charge is -2.26. The molecule has 0 spiro atoms. The lowest BCUT2D eigenvalue weighted by molar-refractivity contribution is -0.134. The molecule has 3 nitrogen and oxygen atoms in total. The molecular weight excluding hydrogens is 244 g/mol. The maximum absolute atomic E-state index is 12.2. The Kier molecular flexibility index (Phi) is 4.78. The Labute approximate surface area is 113 Å². The first-order valence-corrected chi connectivity index (χ1v) is 7.55. The molecule has 1 saturated heterocycles. The Bertz CT molecular complexity index is 396. The van der Waals surface area contributed by atoms with E-state index in [1.165, 1.54) is 10.4 Å². The molecule has 0 aromatic carbocycles. The van der Waals surface area contributed by atoms with E-state index in [1.54, 1.807) is 11.3 Å². The van der Waals surface area contributed by atoms with Crippen molar-refractivity contribution in [2.45, 2.75) is 26.2 Å². The number of hydrogen-bond donors (Lipinski definition) is 1. The van der Waals surface area contributed by atoms with E-state index in [-0.39, 0.29) is 5.92 Å². The van der Waals surface area contributed by atoms with Gasteiger partial charge in [-0.2, -0.15) is 0 Å². The summed E-state index contributed by atoms with van der Waals surface area (Å²) >= 11 is 1.79. The Morgan fingerprint density at radius 2 is 2.22 bits per heavy atom. The fourth-order valence-corrected chi connectivity index (χ4v) is 3.32. The van der Waals surface area contributed by atoms with Gasteiger partial charge in [0.15, 0.2) is 0 Å². The normalized spacial score (nSPS) is 16.8. The van der Waals surface area contributed by atoms with Crippen LogP contribution in [-0.4, -0.2) is 37.5 Å². The van der Waals surface area contributed by atoms with Crippen LogP contribution in [0.3, 0.4) is 0 Å². The summed E-state index contributed by atoms with van der Waals surface area (Å²) in [6.45, 7) is 4.94. The van der Waals surface area contributed by atoms with E-state index in [4.69, 9.17) is 0 Å². The van der Waals surface area contributed by atoms with Crippen molar-refractivity contribution in [3.05, 3.63) is 21.9 Å². The number of nitrogens with one attached hydrogen (secondary N) is 1. The van der Waals surface area contributed by atoms with E-state index in [9.17, 15) is 4.79 Å². The minimum atomic E-state index is 0.237. The summed E-state index contributed by atoms with van der Waals surface area (Å²) in [4.78, 5) is 15.6. The standard InChI is InChI=1S/C14H22N2OS/c1-11-6-10-18-13(11)5-9-16(2)14(17)12-3-7-15-8-4-12/h6,10,12,15H,3-5,7-9H2,1-2H3. The van der Waals surface area contributed by atoms with Crippen molar-refractivity contribution in [1.29, 1.82) is 0 Å². The molecule has 1 aliphatic rings. The third-order valence-corrected chi connectivity index (χ3v) is 4.79. The summed E-state index contributed by atoms with van der Waals surface area (Å²) in [5.74, 6) is 0.561. The predicted molar refractivity (Wildman–Crippen MR) is 76.0 cm³/mol. The van der Waals surface area contributed by atoms with Gasteiger partial charge in [-0.3, -0.25) is 4.79 Å². The maximum atomic E-state index is 12.2. The molecule has 4 heteroatoms. The molecule has 0 radical (unpaired) electrons. The van der Waals surface area contributed by atoms with Crippen LogP contribution in [0.4, 0.5) is 0 Å². The van der Waals surface area contributed by atoms with Crippen molar-refractivity contribution in [2.75, 3.05) is 26.7 Å². The highest BCUT2D eigenvalue weighted by Gasteiger charge is 2.23. The molecule has 0 unspecified atom stereocenters. The highest BCUT2D eigenvalue weighted by Crippen LogP contribution is 2.18. The molecule has 1 fully saturated rings. The molecule has 1 N–H and O–H groups in total. The van der Waals surface area contributed by atoms with Gasteiger partial charge in [0.25, 0.3) is 0 Å². The van der Waals surface area contributed by atoms with Gasteiger partial charge in [-0.25, -0.2) is 0 Å². The van der Waals surface area contributed by atoms with Crippen LogP contribution in [-0.2, 0) is 11.2 Å². The van der Waals surface area contributed by atoms with Crippen LogP contribution >= 0.6 is 11.3 Å². The van der Waals surface area contributed by atoms with Crippen LogP contribution in [0.5, 0.6) is 0 Å². The fraction of sp³-hybridized carbons (Fsp3) is 0.643. The van der Waals surface area contributed by atoms with Gasteiger partial charge < -0.3 is 10.2 Å². The van der Waals surface area contributed by atoms with E-state index >= 15 is 0 Å². The minimum Gasteiger partial charge on any atom is -0.345 e. The van der Waals surface area contributed by atoms with E-state index in [0.29, 0.717) is 5.91 Å². The molecule has 100 valence electrons. The first-order chi connectivity index (χ1) is 8.68. The van der Waals surface area contributed by atoms with Gasteiger partial charge in [0.1, 0.15) is 0 Å². The number of aryl methyl sites for hydroxylation is 1. The second-order valence-corrected chi connectivity index (χ2v) is 6.06. The van der Waals surface area contributed by atoms with Crippen molar-refractivity contribution in [3.8, 4) is 0 Å². The summed E-state index contributed by atoms with van der Waals surface area (Å²) in [5.41, 5.74) is 1.35. The predicted octanol–water partition coefficient (Wildman–Crippen LogP) is 2.06. The second-order valence-electron chi connectivity index (χ2n) is 5.06. The molecule has 0 aliphatic carbocycles. The Balaban J connectivity index is 1.82. The molecule has 1 amide bonds. The molecule has 0 saturated carbocycles. The summed E-state index contributed by atoms with van der Waals surface area (Å²) in [7, 11) is 1.94. The number of nitrogens with zero attached hydrogens (tertiary/aromatic N) is 1. The summed E-state index contributed by atoms with van der Waals surface area (Å²) in [5, 5.41) is 5.43. The van der Waals surface area contributed by atoms with Crippen LogP contribution in [0.25, 0.3) is 0 Å². The van der Waals surface area contributed by atoms with Crippen LogP contribution < -0.4 is 5.32 Å².